The van der Waals surface area contributed by atoms with Gasteiger partial charge in [0.25, 0.3) is 5.91 Å². The van der Waals surface area contributed by atoms with E-state index in [0.717, 1.165) is 11.1 Å². The number of carbonyl (C=O) groups excluding carboxylic acids is 1. The van der Waals surface area contributed by atoms with Gasteiger partial charge in [0.2, 0.25) is 5.65 Å². The number of aromatic amines is 1. The van der Waals surface area contributed by atoms with Gasteiger partial charge in [-0.1, -0.05) is 43.3 Å². The van der Waals surface area contributed by atoms with E-state index in [1.165, 1.54) is 0 Å². The number of anilines is 1. The van der Waals surface area contributed by atoms with Crippen LogP contribution in [0.25, 0.3) is 22.4 Å². The zero-order chi connectivity index (χ0) is 19.0. The van der Waals surface area contributed by atoms with Crippen LogP contribution in [0.2, 0.25) is 0 Å². The van der Waals surface area contributed by atoms with Crippen LogP contribution in [0.1, 0.15) is 36.9 Å². The van der Waals surface area contributed by atoms with E-state index in [9.17, 15) is 4.79 Å². The number of aromatic nitrogens is 5. The minimum atomic E-state index is -0.270. The zero-order valence-electron chi connectivity index (χ0n) is 15.1. The average Bonchev–Trinajstić information content (AvgIpc) is 3.30. The van der Waals surface area contributed by atoms with Crippen LogP contribution in [0, 0.1) is 0 Å². The lowest BCUT2D eigenvalue weighted by molar-refractivity contribution is 0.102. The molecule has 0 bridgehead atoms. The highest BCUT2D eigenvalue weighted by Gasteiger charge is 2.20. The van der Waals surface area contributed by atoms with Crippen LogP contribution < -0.4 is 5.32 Å². The van der Waals surface area contributed by atoms with Gasteiger partial charge in [-0.05, 0) is 24.3 Å². The van der Waals surface area contributed by atoms with Crippen molar-refractivity contribution in [3.05, 3.63) is 53.8 Å². The van der Waals surface area contributed by atoms with Crippen molar-refractivity contribution in [3.8, 4) is 11.3 Å². The molecule has 0 fully saturated rings. The molecule has 8 nitrogen and oxygen atoms in total. The molecule has 0 saturated carbocycles. The maximum atomic E-state index is 12.6. The van der Waals surface area contributed by atoms with E-state index in [-0.39, 0.29) is 11.3 Å². The quantitative estimate of drug-likeness (QED) is 0.577. The Morgan fingerprint density at radius 2 is 2.00 bits per heavy atom. The molecule has 0 saturated heterocycles. The average molecular weight is 362 g/mol. The maximum absolute atomic E-state index is 12.6. The minimum Gasteiger partial charge on any atom is -0.359 e. The lowest BCUT2D eigenvalue weighted by Gasteiger charge is -2.12. The Balaban J connectivity index is 1.58. The SMILES string of the molecule is CC(C)(C)c1cc(NC(=O)c2cccc(-c3ccc4[nH]nnc4n3)c2)no1. The van der Waals surface area contributed by atoms with E-state index in [1.54, 1.807) is 18.2 Å². The van der Waals surface area contributed by atoms with Crippen LogP contribution in [-0.2, 0) is 5.41 Å². The number of benzene rings is 1. The second-order valence-corrected chi connectivity index (χ2v) is 7.24. The summed E-state index contributed by atoms with van der Waals surface area (Å²) in [6.45, 7) is 6.05. The van der Waals surface area contributed by atoms with E-state index in [2.05, 4.69) is 30.9 Å². The van der Waals surface area contributed by atoms with Crippen molar-refractivity contribution < 1.29 is 9.32 Å². The molecular weight excluding hydrogens is 344 g/mol. The molecule has 0 unspecified atom stereocenters. The van der Waals surface area contributed by atoms with Gasteiger partial charge in [0.15, 0.2) is 5.82 Å². The molecule has 3 heterocycles. The largest absolute Gasteiger partial charge is 0.359 e. The van der Waals surface area contributed by atoms with Gasteiger partial charge in [0.05, 0.1) is 5.69 Å². The van der Waals surface area contributed by atoms with Crippen LogP contribution in [0.15, 0.2) is 47.0 Å². The number of H-pyrrole nitrogens is 1. The summed E-state index contributed by atoms with van der Waals surface area (Å²) in [5.41, 5.74) is 3.12. The van der Waals surface area contributed by atoms with Crippen molar-refractivity contribution in [3.63, 3.8) is 0 Å². The molecule has 0 spiro atoms. The molecule has 4 aromatic rings. The topological polar surface area (TPSA) is 110 Å². The fourth-order valence-corrected chi connectivity index (χ4v) is 2.59. The van der Waals surface area contributed by atoms with E-state index >= 15 is 0 Å². The van der Waals surface area contributed by atoms with Crippen LogP contribution in [0.3, 0.4) is 0 Å². The van der Waals surface area contributed by atoms with Crippen molar-refractivity contribution in [1.29, 1.82) is 0 Å². The van der Waals surface area contributed by atoms with E-state index in [0.29, 0.717) is 28.5 Å². The Kier molecular flexibility index (Phi) is 3.95. The Morgan fingerprint density at radius 1 is 1.15 bits per heavy atom. The number of fused-ring (bicyclic) bond motifs is 1. The van der Waals surface area contributed by atoms with Gasteiger partial charge in [-0.3, -0.25) is 9.89 Å². The van der Waals surface area contributed by atoms with Crippen LogP contribution in [0.4, 0.5) is 5.82 Å². The lowest BCUT2D eigenvalue weighted by atomic mass is 9.93. The fourth-order valence-electron chi connectivity index (χ4n) is 2.59. The summed E-state index contributed by atoms with van der Waals surface area (Å²) in [5.74, 6) is 0.822. The van der Waals surface area contributed by atoms with Crippen molar-refractivity contribution in [2.24, 2.45) is 0 Å². The summed E-state index contributed by atoms with van der Waals surface area (Å²) in [6.07, 6.45) is 0. The highest BCUT2D eigenvalue weighted by Crippen LogP contribution is 2.25. The number of nitrogens with zero attached hydrogens (tertiary/aromatic N) is 4. The molecule has 8 heteroatoms. The second kappa shape index (κ2) is 6.31. The summed E-state index contributed by atoms with van der Waals surface area (Å²) in [7, 11) is 0. The van der Waals surface area contributed by atoms with Crippen molar-refractivity contribution >= 4 is 22.9 Å². The molecular formula is C19H18N6O2. The summed E-state index contributed by atoms with van der Waals surface area (Å²) < 4.78 is 5.30. The molecule has 0 aliphatic rings. The van der Waals surface area contributed by atoms with Crippen molar-refractivity contribution in [2.75, 3.05) is 5.32 Å². The molecule has 2 N–H and O–H groups in total. The first kappa shape index (κ1) is 16.9. The predicted molar refractivity (Wildman–Crippen MR) is 100 cm³/mol. The monoisotopic (exact) mass is 362 g/mol. The summed E-state index contributed by atoms with van der Waals surface area (Å²) in [6, 6.07) is 12.6. The third-order valence-corrected chi connectivity index (χ3v) is 4.10. The minimum absolute atomic E-state index is 0.179. The first-order valence-corrected chi connectivity index (χ1v) is 8.47. The number of amides is 1. The number of pyridine rings is 1. The predicted octanol–water partition coefficient (Wildman–Crippen LogP) is 3.56. The number of rotatable bonds is 3. The summed E-state index contributed by atoms with van der Waals surface area (Å²) in [5, 5.41) is 17.1. The van der Waals surface area contributed by atoms with E-state index in [1.807, 2.05) is 45.0 Å². The molecule has 0 radical (unpaired) electrons. The summed E-state index contributed by atoms with van der Waals surface area (Å²) >= 11 is 0. The smallest absolute Gasteiger partial charge is 0.256 e. The number of hydrogen-bond acceptors (Lipinski definition) is 6. The Morgan fingerprint density at radius 3 is 2.78 bits per heavy atom. The normalized spacial score (nSPS) is 11.7. The molecule has 0 aliphatic carbocycles. The summed E-state index contributed by atoms with van der Waals surface area (Å²) in [4.78, 5) is 17.0. The molecule has 136 valence electrons. The second-order valence-electron chi connectivity index (χ2n) is 7.24. The van der Waals surface area contributed by atoms with Gasteiger partial charge in [-0.2, -0.15) is 0 Å². The molecule has 0 aliphatic heterocycles. The fraction of sp³-hybridized carbons (Fsp3) is 0.211. The van der Waals surface area contributed by atoms with Gasteiger partial charge < -0.3 is 9.84 Å². The molecule has 27 heavy (non-hydrogen) atoms. The number of carbonyl (C=O) groups is 1. The van der Waals surface area contributed by atoms with Gasteiger partial charge >= 0.3 is 0 Å². The van der Waals surface area contributed by atoms with Gasteiger partial charge in [0, 0.05) is 22.6 Å². The van der Waals surface area contributed by atoms with Crippen molar-refractivity contribution in [2.45, 2.75) is 26.2 Å². The van der Waals surface area contributed by atoms with Crippen LogP contribution in [-0.4, -0.2) is 31.5 Å². The highest BCUT2D eigenvalue weighted by atomic mass is 16.5. The molecule has 1 aromatic carbocycles. The first-order valence-electron chi connectivity index (χ1n) is 8.47. The Labute approximate surface area is 155 Å². The number of hydrogen-bond donors (Lipinski definition) is 2. The Hall–Kier alpha value is -3.55. The van der Waals surface area contributed by atoms with Crippen LogP contribution in [0.5, 0.6) is 0 Å². The van der Waals surface area contributed by atoms with E-state index < -0.39 is 0 Å². The van der Waals surface area contributed by atoms with Gasteiger partial charge in [0.1, 0.15) is 11.3 Å². The lowest BCUT2D eigenvalue weighted by Crippen LogP contribution is -2.12. The third-order valence-electron chi connectivity index (χ3n) is 4.10. The van der Waals surface area contributed by atoms with E-state index in [4.69, 9.17) is 4.52 Å². The van der Waals surface area contributed by atoms with Gasteiger partial charge in [-0.15, -0.1) is 5.10 Å². The molecule has 0 atom stereocenters. The molecule has 3 aromatic heterocycles. The maximum Gasteiger partial charge on any atom is 0.256 e. The Bertz CT molecular complexity index is 1120. The third kappa shape index (κ3) is 3.41. The van der Waals surface area contributed by atoms with Crippen LogP contribution >= 0.6 is 0 Å². The first-order chi connectivity index (χ1) is 12.9. The van der Waals surface area contributed by atoms with Crippen molar-refractivity contribution in [1.82, 2.24) is 25.6 Å². The molecule has 4 rings (SSSR count). The number of nitrogens with one attached hydrogen (secondary N) is 2. The highest BCUT2D eigenvalue weighted by molar-refractivity contribution is 6.04. The zero-order valence-corrected chi connectivity index (χ0v) is 15.1. The van der Waals surface area contributed by atoms with Gasteiger partial charge in [-0.25, -0.2) is 4.98 Å². The molecule has 1 amide bonds. The standard InChI is InChI=1S/C19H18N6O2/c1-19(2,3)15-10-16(24-27-15)21-18(26)12-6-4-5-11(9-12)13-7-8-14-17(20-13)23-25-22-14/h4-10H,1-3H3,(H,21,24,26)(H,20,22,23,25).